The van der Waals surface area contributed by atoms with Crippen LogP contribution >= 0.6 is 0 Å². The van der Waals surface area contributed by atoms with Gasteiger partial charge in [-0.15, -0.1) is 0 Å². The second kappa shape index (κ2) is 15.9. The summed E-state index contributed by atoms with van der Waals surface area (Å²) in [6.07, 6.45) is -1.61. The van der Waals surface area contributed by atoms with Crippen LogP contribution < -0.4 is 0 Å². The summed E-state index contributed by atoms with van der Waals surface area (Å²) in [4.78, 5) is 13.9. The molecule has 0 bridgehead atoms. The number of hydrogen-bond acceptors (Lipinski definition) is 14. The molecule has 3 aliphatic carbocycles. The summed E-state index contributed by atoms with van der Waals surface area (Å²) in [6.45, 7) is 9.36. The Kier molecular flexibility index (Phi) is 11.9. The molecule has 14 nitrogen and oxygen atoms in total. The fourth-order valence-corrected chi connectivity index (χ4v) is 10.4. The fraction of sp³-hybridized carbons (Fsp3) is 0.825. The molecule has 0 aromatic carbocycles. The average molecular weight is 765 g/mol. The lowest BCUT2D eigenvalue weighted by molar-refractivity contribution is -0.338. The van der Waals surface area contributed by atoms with Gasteiger partial charge in [0, 0.05) is 45.0 Å². The van der Waals surface area contributed by atoms with E-state index in [1.165, 1.54) is 18.9 Å². The summed E-state index contributed by atoms with van der Waals surface area (Å²) in [5, 5.41) is 44.6. The predicted octanol–water partition coefficient (Wildman–Crippen LogP) is 3.17. The van der Waals surface area contributed by atoms with Crippen molar-refractivity contribution in [3.63, 3.8) is 0 Å². The van der Waals surface area contributed by atoms with Gasteiger partial charge < -0.3 is 62.7 Å². The first kappa shape index (κ1) is 40.4. The molecule has 0 radical (unpaired) electrons. The van der Waals surface area contributed by atoms with Crippen LogP contribution in [0.4, 0.5) is 0 Å². The van der Waals surface area contributed by atoms with Crippen LogP contribution in [0.5, 0.6) is 0 Å². The van der Waals surface area contributed by atoms with E-state index in [9.17, 15) is 25.2 Å². The minimum absolute atomic E-state index is 0.00114. The molecule has 14 heteroatoms. The topological polar surface area (TPSA) is 185 Å². The first-order chi connectivity index (χ1) is 25.7. The van der Waals surface area contributed by atoms with E-state index in [1.807, 2.05) is 13.8 Å². The van der Waals surface area contributed by atoms with Crippen molar-refractivity contribution in [2.45, 2.75) is 178 Å². The van der Waals surface area contributed by atoms with E-state index in [-0.39, 0.29) is 24.0 Å². The smallest absolute Gasteiger partial charge is 0.172 e. The zero-order valence-electron chi connectivity index (χ0n) is 32.5. The van der Waals surface area contributed by atoms with Gasteiger partial charge >= 0.3 is 0 Å². The Morgan fingerprint density at radius 2 is 1.44 bits per heavy atom. The van der Waals surface area contributed by atoms with Crippen LogP contribution in [0.25, 0.3) is 0 Å². The maximum atomic E-state index is 13.9. The Bertz CT molecular complexity index is 1490. The number of aryl methyl sites for hydroxylation is 1. The molecule has 7 rings (SSSR count). The maximum Gasteiger partial charge on any atom is 0.172 e. The van der Waals surface area contributed by atoms with Crippen LogP contribution in [0.3, 0.4) is 0 Å². The highest BCUT2D eigenvalue weighted by atomic mass is 16.7. The normalized spacial score (nSPS) is 48.5. The molecule has 1 aromatic rings. The summed E-state index contributed by atoms with van der Waals surface area (Å²) in [5.74, 6) is 0.0491. The fourth-order valence-electron chi connectivity index (χ4n) is 10.4. The first-order valence-corrected chi connectivity index (χ1v) is 19.7. The molecule has 6 aliphatic rings. The average Bonchev–Trinajstić information content (AvgIpc) is 3.57. The number of methoxy groups -OCH3 is 2. The Morgan fingerprint density at radius 3 is 2.11 bits per heavy atom. The molecule has 0 spiro atoms. The molecular formula is C40H60O14. The summed E-state index contributed by atoms with van der Waals surface area (Å²) < 4.78 is 54.1. The van der Waals surface area contributed by atoms with Crippen LogP contribution in [0.2, 0.25) is 0 Å². The molecule has 2 saturated carbocycles. The number of aliphatic hydroxyl groups excluding tert-OH is 3. The van der Waals surface area contributed by atoms with Gasteiger partial charge in [0.2, 0.25) is 0 Å². The number of carbonyl (C=O) groups excluding carboxylic acids is 1. The van der Waals surface area contributed by atoms with Gasteiger partial charge in [0.1, 0.15) is 24.1 Å². The third-order valence-corrected chi connectivity index (χ3v) is 13.5. The third-order valence-electron chi connectivity index (χ3n) is 13.5. The van der Waals surface area contributed by atoms with Crippen molar-refractivity contribution in [1.29, 1.82) is 0 Å². The van der Waals surface area contributed by atoms with Crippen molar-refractivity contribution in [2.24, 2.45) is 17.3 Å². The minimum Gasteiger partial charge on any atom is -0.469 e. The molecule has 54 heavy (non-hydrogen) atoms. The summed E-state index contributed by atoms with van der Waals surface area (Å²) in [5.41, 5.74) is -0.237. The van der Waals surface area contributed by atoms with E-state index < -0.39 is 97.0 Å². The van der Waals surface area contributed by atoms with Crippen LogP contribution in [0.1, 0.15) is 90.4 Å². The van der Waals surface area contributed by atoms with Crippen LogP contribution in [-0.2, 0) is 48.3 Å². The lowest BCUT2D eigenvalue weighted by Crippen LogP contribution is -2.57. The molecule has 3 aliphatic heterocycles. The SMILES string of the molecule is CO[C@H]1C[C@H](O[C@H]2[C@@H](O)C[C@H](O[C@@H]3[C@@H](C)O[C@@H](O[C@@H]4CC5=CC[C@H]6C(=O)[C@@](O)(c7ccoc7C)CC[C@@H]6[C@@]5(C)C[C@H]4O)C[C@H]3OC)O[C@@H]2C)O[C@@H](C)[C@@H]1O. The van der Waals surface area contributed by atoms with Crippen LogP contribution in [0.15, 0.2) is 28.4 Å². The van der Waals surface area contributed by atoms with Gasteiger partial charge in [-0.05, 0) is 77.2 Å². The van der Waals surface area contributed by atoms with E-state index in [0.717, 1.165) is 0 Å². The lowest BCUT2D eigenvalue weighted by atomic mass is 9.51. The zero-order chi connectivity index (χ0) is 38.7. The van der Waals surface area contributed by atoms with Crippen molar-refractivity contribution in [1.82, 2.24) is 0 Å². The van der Waals surface area contributed by atoms with Crippen LogP contribution in [-0.4, -0.2) is 126 Å². The standard InChI is InChI=1S/C40H60O14/c1-19-25(11-13-48-19)40(45)12-10-26-24(38(40)44)9-8-23-14-29(28(42)18-39(23,26)5)52-33-17-31(47-7)37(22(4)51-33)54-32-15-27(41)36(21(3)50-32)53-34-16-30(46-6)35(43)20(2)49-34/h8,11,13,20-22,24,26-37,41-43,45H,9-10,12,14-18H2,1-7H3/t20-,21+,22+,24+,26-,27-,28+,29+,30-,31+,32-,33-,34-,35-,36+,37+,39-,40-/m0/s1. The first-order valence-electron chi connectivity index (χ1n) is 19.7. The predicted molar refractivity (Wildman–Crippen MR) is 190 cm³/mol. The van der Waals surface area contributed by atoms with Gasteiger partial charge in [-0.1, -0.05) is 18.6 Å². The second-order valence-electron chi connectivity index (χ2n) is 16.7. The number of furan rings is 1. The number of ether oxygens (including phenoxy) is 8. The van der Waals surface area contributed by atoms with Crippen molar-refractivity contribution < 1.29 is 67.5 Å². The maximum absolute atomic E-state index is 13.9. The van der Waals surface area contributed by atoms with E-state index in [4.69, 9.17) is 42.3 Å². The summed E-state index contributed by atoms with van der Waals surface area (Å²) in [6, 6.07) is 1.70. The molecule has 4 N–H and O–H groups in total. The molecule has 4 heterocycles. The Labute approximate surface area is 317 Å². The van der Waals surface area contributed by atoms with Crippen molar-refractivity contribution in [2.75, 3.05) is 14.2 Å². The minimum atomic E-state index is -1.56. The Hall–Kier alpha value is -1.79. The van der Waals surface area contributed by atoms with Gasteiger partial charge in [-0.3, -0.25) is 4.79 Å². The number of carbonyl (C=O) groups is 1. The summed E-state index contributed by atoms with van der Waals surface area (Å²) in [7, 11) is 3.15. The number of aliphatic hydroxyl groups is 4. The summed E-state index contributed by atoms with van der Waals surface area (Å²) >= 11 is 0. The van der Waals surface area contributed by atoms with E-state index in [0.29, 0.717) is 56.3 Å². The van der Waals surface area contributed by atoms with E-state index in [1.54, 1.807) is 27.0 Å². The quantitative estimate of drug-likeness (QED) is 0.269. The molecule has 0 unspecified atom stereocenters. The van der Waals surface area contributed by atoms with Crippen molar-refractivity contribution >= 4 is 5.78 Å². The van der Waals surface area contributed by atoms with Gasteiger partial charge in [0.05, 0.1) is 55.1 Å². The monoisotopic (exact) mass is 764 g/mol. The van der Waals surface area contributed by atoms with E-state index in [2.05, 4.69) is 13.0 Å². The van der Waals surface area contributed by atoms with Crippen LogP contribution in [0, 0.1) is 24.2 Å². The molecule has 18 atom stereocenters. The largest absolute Gasteiger partial charge is 0.469 e. The number of allylic oxidation sites excluding steroid dienone is 1. The number of hydrogen-bond donors (Lipinski definition) is 4. The van der Waals surface area contributed by atoms with Crippen molar-refractivity contribution in [3.8, 4) is 0 Å². The van der Waals surface area contributed by atoms with Gasteiger partial charge in [0.15, 0.2) is 30.3 Å². The molecule has 0 amide bonds. The van der Waals surface area contributed by atoms with Gasteiger partial charge in [-0.2, -0.15) is 0 Å². The van der Waals surface area contributed by atoms with E-state index >= 15 is 0 Å². The number of ketones is 1. The number of fused-ring (bicyclic) bond motifs is 3. The van der Waals surface area contributed by atoms with Gasteiger partial charge in [0.25, 0.3) is 0 Å². The molecule has 304 valence electrons. The molecule has 3 saturated heterocycles. The Balaban J connectivity index is 0.940. The zero-order valence-corrected chi connectivity index (χ0v) is 32.5. The molecule has 1 aromatic heterocycles. The lowest BCUT2D eigenvalue weighted by Gasteiger charge is -2.55. The number of rotatable bonds is 9. The highest BCUT2D eigenvalue weighted by molar-refractivity contribution is 5.92. The molecular weight excluding hydrogens is 704 g/mol. The second-order valence-corrected chi connectivity index (χ2v) is 16.7. The highest BCUT2D eigenvalue weighted by Gasteiger charge is 2.58. The van der Waals surface area contributed by atoms with Crippen molar-refractivity contribution in [3.05, 3.63) is 35.3 Å². The Morgan fingerprint density at radius 1 is 0.815 bits per heavy atom. The van der Waals surface area contributed by atoms with Gasteiger partial charge in [-0.25, -0.2) is 0 Å². The molecule has 5 fully saturated rings. The highest BCUT2D eigenvalue weighted by Crippen LogP contribution is 2.58. The number of Topliss-reactive ketones (excluding diaryl/α,β-unsaturated/α-hetero) is 1. The third kappa shape index (κ3) is 7.40.